The van der Waals surface area contributed by atoms with Gasteiger partial charge in [0.1, 0.15) is 22.7 Å². The predicted molar refractivity (Wildman–Crippen MR) is 110 cm³/mol. The zero-order chi connectivity index (χ0) is 19.7. The van der Waals surface area contributed by atoms with Crippen molar-refractivity contribution in [2.45, 2.75) is 26.3 Å². The van der Waals surface area contributed by atoms with E-state index in [1.165, 1.54) is 4.68 Å². The Balaban J connectivity index is 1.57. The quantitative estimate of drug-likeness (QED) is 0.502. The van der Waals surface area contributed by atoms with E-state index >= 15 is 0 Å². The molecule has 0 bridgehead atoms. The van der Waals surface area contributed by atoms with Gasteiger partial charge >= 0.3 is 0 Å². The highest BCUT2D eigenvalue weighted by molar-refractivity contribution is 7.16. The highest BCUT2D eigenvalue weighted by Gasteiger charge is 2.17. The van der Waals surface area contributed by atoms with Gasteiger partial charge in [-0.3, -0.25) is 19.0 Å². The van der Waals surface area contributed by atoms with E-state index in [1.54, 1.807) is 29.5 Å². The standard InChI is InChI=1S/C20H21N5O2S/c1-3-17-22-24(19(27)16-12-14-8-11-28-20(14)25(16)17)13-18(26)23(2)10-7-15-6-4-5-9-21-15/h4-6,8-9,11-12H,3,7,10,13H2,1-2H3. The number of carbonyl (C=O) groups excluding carboxylic acids is 1. The van der Waals surface area contributed by atoms with Crippen LogP contribution in [0.1, 0.15) is 18.4 Å². The van der Waals surface area contributed by atoms with Crippen molar-refractivity contribution in [3.05, 3.63) is 63.8 Å². The van der Waals surface area contributed by atoms with Crippen LogP contribution in [0.3, 0.4) is 0 Å². The Morgan fingerprint density at radius 2 is 2.14 bits per heavy atom. The first-order valence-electron chi connectivity index (χ1n) is 9.21. The second-order valence-electron chi connectivity index (χ2n) is 6.67. The van der Waals surface area contributed by atoms with E-state index in [0.717, 1.165) is 21.7 Å². The fraction of sp³-hybridized carbons (Fsp3) is 0.300. The maximum atomic E-state index is 12.9. The summed E-state index contributed by atoms with van der Waals surface area (Å²) in [6, 6.07) is 9.60. The number of hydrogen-bond acceptors (Lipinski definition) is 5. The van der Waals surface area contributed by atoms with Gasteiger partial charge in [0, 0.05) is 43.7 Å². The zero-order valence-corrected chi connectivity index (χ0v) is 16.6. The van der Waals surface area contributed by atoms with Crippen LogP contribution in [0.15, 0.2) is 46.7 Å². The molecule has 144 valence electrons. The van der Waals surface area contributed by atoms with Gasteiger partial charge in [0.25, 0.3) is 5.56 Å². The smallest absolute Gasteiger partial charge is 0.291 e. The van der Waals surface area contributed by atoms with Crippen LogP contribution in [0.25, 0.3) is 15.7 Å². The lowest BCUT2D eigenvalue weighted by Gasteiger charge is -2.17. The van der Waals surface area contributed by atoms with Crippen molar-refractivity contribution in [3.63, 3.8) is 0 Å². The Bertz CT molecular complexity index is 1190. The topological polar surface area (TPSA) is 72.5 Å². The Morgan fingerprint density at radius 1 is 1.29 bits per heavy atom. The monoisotopic (exact) mass is 395 g/mol. The van der Waals surface area contributed by atoms with Crippen LogP contribution in [0, 0.1) is 0 Å². The lowest BCUT2D eigenvalue weighted by molar-refractivity contribution is -0.130. The van der Waals surface area contributed by atoms with Crippen LogP contribution in [0.2, 0.25) is 0 Å². The van der Waals surface area contributed by atoms with Gasteiger partial charge in [-0.05, 0) is 29.6 Å². The number of amides is 1. The maximum absolute atomic E-state index is 12.9. The molecule has 4 heterocycles. The molecule has 4 aromatic rings. The molecule has 8 heteroatoms. The molecule has 0 fully saturated rings. The van der Waals surface area contributed by atoms with Crippen molar-refractivity contribution in [3.8, 4) is 0 Å². The third-order valence-corrected chi connectivity index (χ3v) is 5.73. The van der Waals surface area contributed by atoms with Gasteiger partial charge in [0.15, 0.2) is 0 Å². The van der Waals surface area contributed by atoms with Crippen molar-refractivity contribution in [2.24, 2.45) is 0 Å². The van der Waals surface area contributed by atoms with Gasteiger partial charge in [-0.15, -0.1) is 11.3 Å². The van der Waals surface area contributed by atoms with Gasteiger partial charge in [-0.2, -0.15) is 5.10 Å². The molecule has 0 N–H and O–H groups in total. The molecule has 1 amide bonds. The molecular formula is C20H21N5O2S. The fourth-order valence-corrected chi connectivity index (χ4v) is 4.15. The van der Waals surface area contributed by atoms with Gasteiger partial charge < -0.3 is 4.90 Å². The molecule has 0 unspecified atom stereocenters. The highest BCUT2D eigenvalue weighted by atomic mass is 32.1. The lowest BCUT2D eigenvalue weighted by Crippen LogP contribution is -2.37. The second kappa shape index (κ2) is 7.55. The van der Waals surface area contributed by atoms with E-state index in [4.69, 9.17) is 0 Å². The summed E-state index contributed by atoms with van der Waals surface area (Å²) in [5.41, 5.74) is 1.25. The van der Waals surface area contributed by atoms with Crippen LogP contribution in [0.5, 0.6) is 0 Å². The molecule has 0 aliphatic heterocycles. The molecular weight excluding hydrogens is 374 g/mol. The number of carbonyl (C=O) groups is 1. The average molecular weight is 395 g/mol. The van der Waals surface area contributed by atoms with Crippen molar-refractivity contribution in [1.82, 2.24) is 24.1 Å². The molecule has 0 saturated carbocycles. The number of hydrogen-bond donors (Lipinski definition) is 0. The number of thiophene rings is 1. The first-order valence-corrected chi connectivity index (χ1v) is 10.1. The van der Waals surface area contributed by atoms with E-state index in [9.17, 15) is 9.59 Å². The molecule has 0 saturated heterocycles. The fourth-order valence-electron chi connectivity index (χ4n) is 3.24. The minimum absolute atomic E-state index is 0.0696. The van der Waals surface area contributed by atoms with Crippen molar-refractivity contribution < 1.29 is 4.79 Å². The van der Waals surface area contributed by atoms with Crippen molar-refractivity contribution in [1.29, 1.82) is 0 Å². The minimum Gasteiger partial charge on any atom is -0.344 e. The normalized spacial score (nSPS) is 11.4. The number of nitrogens with zero attached hydrogens (tertiary/aromatic N) is 5. The van der Waals surface area contributed by atoms with Gasteiger partial charge in [0.2, 0.25) is 5.91 Å². The van der Waals surface area contributed by atoms with E-state index in [-0.39, 0.29) is 18.0 Å². The Hall–Kier alpha value is -3.00. The molecule has 7 nitrogen and oxygen atoms in total. The number of aromatic nitrogens is 4. The van der Waals surface area contributed by atoms with Crippen molar-refractivity contribution >= 4 is 33.0 Å². The molecule has 28 heavy (non-hydrogen) atoms. The second-order valence-corrected chi connectivity index (χ2v) is 7.56. The van der Waals surface area contributed by atoms with Crippen molar-refractivity contribution in [2.75, 3.05) is 13.6 Å². The summed E-state index contributed by atoms with van der Waals surface area (Å²) in [5, 5.41) is 7.50. The minimum atomic E-state index is -0.243. The molecule has 0 aliphatic carbocycles. The number of pyridine rings is 1. The Kier molecular flexibility index (Phi) is 4.95. The molecule has 4 rings (SSSR count). The number of aryl methyl sites for hydroxylation is 1. The zero-order valence-electron chi connectivity index (χ0n) is 15.8. The van der Waals surface area contributed by atoms with E-state index in [2.05, 4.69) is 10.1 Å². The van der Waals surface area contributed by atoms with Gasteiger partial charge in [0.05, 0.1) is 0 Å². The Morgan fingerprint density at radius 3 is 2.89 bits per heavy atom. The van der Waals surface area contributed by atoms with Gasteiger partial charge in [-0.25, -0.2) is 4.68 Å². The summed E-state index contributed by atoms with van der Waals surface area (Å²) in [6.07, 6.45) is 3.08. The Labute approximate surface area is 165 Å². The summed E-state index contributed by atoms with van der Waals surface area (Å²) in [5.74, 6) is 0.626. The lowest BCUT2D eigenvalue weighted by atomic mass is 10.2. The summed E-state index contributed by atoms with van der Waals surface area (Å²) >= 11 is 1.58. The van der Waals surface area contributed by atoms with E-state index in [0.29, 0.717) is 24.9 Å². The SMILES string of the molecule is CCc1nn(CC(=O)N(C)CCc2ccccn2)c(=O)c2cc3ccsc3n12. The first kappa shape index (κ1) is 18.4. The summed E-state index contributed by atoms with van der Waals surface area (Å²) in [7, 11) is 1.74. The van der Waals surface area contributed by atoms with Crippen LogP contribution in [0.4, 0.5) is 0 Å². The summed E-state index contributed by atoms with van der Waals surface area (Å²) < 4.78 is 3.20. The molecule has 0 spiro atoms. The summed E-state index contributed by atoms with van der Waals surface area (Å²) in [4.78, 5) is 32.5. The van der Waals surface area contributed by atoms with Crippen LogP contribution in [-0.2, 0) is 24.2 Å². The number of likely N-dealkylation sites (N-methyl/N-ethyl adjacent to an activating group) is 1. The highest BCUT2D eigenvalue weighted by Crippen LogP contribution is 2.24. The largest absolute Gasteiger partial charge is 0.344 e. The summed E-state index contributed by atoms with van der Waals surface area (Å²) in [6.45, 7) is 2.46. The average Bonchev–Trinajstić information content (AvgIpc) is 3.30. The van der Waals surface area contributed by atoms with E-state index < -0.39 is 0 Å². The maximum Gasteiger partial charge on any atom is 0.291 e. The molecule has 0 radical (unpaired) electrons. The molecule has 4 aromatic heterocycles. The predicted octanol–water partition coefficient (Wildman–Crippen LogP) is 2.37. The van der Waals surface area contributed by atoms with Crippen LogP contribution in [-0.4, -0.2) is 43.6 Å². The molecule has 0 aromatic carbocycles. The van der Waals surface area contributed by atoms with Crippen LogP contribution < -0.4 is 5.56 Å². The van der Waals surface area contributed by atoms with E-state index in [1.807, 2.05) is 47.0 Å². The van der Waals surface area contributed by atoms with Gasteiger partial charge in [-0.1, -0.05) is 13.0 Å². The van der Waals surface area contributed by atoms with Crippen LogP contribution >= 0.6 is 11.3 Å². The third kappa shape index (κ3) is 3.31. The first-order chi connectivity index (χ1) is 13.6. The molecule has 0 atom stereocenters. The number of fused-ring (bicyclic) bond motifs is 3. The number of rotatable bonds is 6. The third-order valence-electron chi connectivity index (χ3n) is 4.81. The molecule has 0 aliphatic rings.